The summed E-state index contributed by atoms with van der Waals surface area (Å²) in [5.41, 5.74) is 1.52. The lowest BCUT2D eigenvalue weighted by molar-refractivity contribution is -0.384. The normalized spacial score (nSPS) is 10.3. The summed E-state index contributed by atoms with van der Waals surface area (Å²) in [5.74, 6) is 0.720. The van der Waals surface area contributed by atoms with Gasteiger partial charge in [0, 0.05) is 23.8 Å². The molecule has 1 aromatic heterocycles. The van der Waals surface area contributed by atoms with Gasteiger partial charge in [0.1, 0.15) is 18.1 Å². The highest BCUT2D eigenvalue weighted by Gasteiger charge is 2.13. The number of nitro groups is 1. The van der Waals surface area contributed by atoms with Crippen molar-refractivity contribution in [3.05, 3.63) is 76.0 Å². The summed E-state index contributed by atoms with van der Waals surface area (Å²) in [5, 5.41) is 14.7. The van der Waals surface area contributed by atoms with E-state index >= 15 is 0 Å². The third-order valence-corrected chi connectivity index (χ3v) is 3.33. The molecule has 7 nitrogen and oxygen atoms in total. The second-order valence-electron chi connectivity index (χ2n) is 4.93. The first kappa shape index (κ1) is 15.4. The molecule has 0 atom stereocenters. The van der Waals surface area contributed by atoms with Gasteiger partial charge in [0.15, 0.2) is 12.0 Å². The lowest BCUT2D eigenvalue weighted by Gasteiger charge is -2.05. The van der Waals surface area contributed by atoms with E-state index < -0.39 is 4.92 Å². The van der Waals surface area contributed by atoms with Crippen LogP contribution in [-0.4, -0.2) is 16.4 Å². The molecule has 0 N–H and O–H groups in total. The molecule has 2 aromatic carbocycles. The Bertz CT molecular complexity index is 874. The summed E-state index contributed by atoms with van der Waals surface area (Å²) in [6.07, 6.45) is 0.512. The molecule has 24 heavy (non-hydrogen) atoms. The van der Waals surface area contributed by atoms with Crippen molar-refractivity contribution < 1.29 is 19.0 Å². The molecule has 0 saturated heterocycles. The summed E-state index contributed by atoms with van der Waals surface area (Å²) in [6.45, 7) is 0.0541. The maximum absolute atomic E-state index is 11.1. The number of hydrogen-bond donors (Lipinski definition) is 0. The lowest BCUT2D eigenvalue weighted by atomic mass is 10.1. The Balaban J connectivity index is 1.73. The number of rotatable bonds is 6. The van der Waals surface area contributed by atoms with E-state index in [0.717, 1.165) is 11.6 Å². The predicted octanol–water partition coefficient (Wildman–Crippen LogP) is 3.64. The van der Waals surface area contributed by atoms with Crippen LogP contribution in [0, 0.1) is 10.1 Å². The summed E-state index contributed by atoms with van der Waals surface area (Å²) in [4.78, 5) is 21.2. The monoisotopic (exact) mass is 324 g/mol. The average molecular weight is 324 g/mol. The molecular weight excluding hydrogens is 312 g/mol. The minimum atomic E-state index is -0.570. The SMILES string of the molecule is O=Cc1cc([N+](=O)[O-])ccc1OCc1cc(-c2ccccc2)no1. The fourth-order valence-corrected chi connectivity index (χ4v) is 2.15. The Labute approximate surface area is 136 Å². The number of nitrogens with zero attached hydrogens (tertiary/aromatic N) is 2. The molecular formula is C17H12N2O5. The maximum atomic E-state index is 11.1. The van der Waals surface area contributed by atoms with E-state index in [-0.39, 0.29) is 23.6 Å². The van der Waals surface area contributed by atoms with Gasteiger partial charge in [-0.05, 0) is 6.07 Å². The third kappa shape index (κ3) is 3.30. The summed E-state index contributed by atoms with van der Waals surface area (Å²) in [6, 6.07) is 15.1. The number of carbonyl (C=O) groups excluding carboxylic acids is 1. The van der Waals surface area contributed by atoms with Gasteiger partial charge in [0.25, 0.3) is 5.69 Å². The van der Waals surface area contributed by atoms with Crippen molar-refractivity contribution >= 4 is 12.0 Å². The number of nitro benzene ring substituents is 1. The zero-order chi connectivity index (χ0) is 16.9. The zero-order valence-electron chi connectivity index (χ0n) is 12.4. The van der Waals surface area contributed by atoms with E-state index in [1.165, 1.54) is 12.1 Å². The number of non-ortho nitro benzene ring substituents is 1. The van der Waals surface area contributed by atoms with Gasteiger partial charge < -0.3 is 9.26 Å². The number of ether oxygens (including phenoxy) is 1. The van der Waals surface area contributed by atoms with Crippen LogP contribution in [0.3, 0.4) is 0 Å². The highest BCUT2D eigenvalue weighted by molar-refractivity contribution is 5.80. The van der Waals surface area contributed by atoms with E-state index in [2.05, 4.69) is 5.16 Å². The Morgan fingerprint density at radius 1 is 1.17 bits per heavy atom. The number of aldehydes is 1. The third-order valence-electron chi connectivity index (χ3n) is 3.33. The fraction of sp³-hybridized carbons (Fsp3) is 0.0588. The van der Waals surface area contributed by atoms with Crippen LogP contribution in [0.1, 0.15) is 16.1 Å². The summed E-state index contributed by atoms with van der Waals surface area (Å²) < 4.78 is 10.7. The molecule has 3 rings (SSSR count). The van der Waals surface area contributed by atoms with E-state index in [9.17, 15) is 14.9 Å². The molecule has 0 bridgehead atoms. The molecule has 0 spiro atoms. The largest absolute Gasteiger partial charge is 0.485 e. The van der Waals surface area contributed by atoms with Crippen molar-refractivity contribution in [3.8, 4) is 17.0 Å². The Kier molecular flexibility index (Phi) is 4.33. The van der Waals surface area contributed by atoms with Crippen LogP contribution in [0.4, 0.5) is 5.69 Å². The topological polar surface area (TPSA) is 95.5 Å². The van der Waals surface area contributed by atoms with E-state index in [4.69, 9.17) is 9.26 Å². The first-order valence-corrected chi connectivity index (χ1v) is 7.05. The van der Waals surface area contributed by atoms with E-state index in [1.54, 1.807) is 6.07 Å². The van der Waals surface area contributed by atoms with Crippen molar-refractivity contribution in [2.75, 3.05) is 0 Å². The summed E-state index contributed by atoms with van der Waals surface area (Å²) in [7, 11) is 0. The van der Waals surface area contributed by atoms with Gasteiger partial charge >= 0.3 is 0 Å². The first-order chi connectivity index (χ1) is 11.7. The van der Waals surface area contributed by atoms with Crippen molar-refractivity contribution in [3.63, 3.8) is 0 Å². The molecule has 0 saturated carbocycles. The summed E-state index contributed by atoms with van der Waals surface area (Å²) >= 11 is 0. The van der Waals surface area contributed by atoms with Crippen LogP contribution in [0.25, 0.3) is 11.3 Å². The molecule has 0 unspecified atom stereocenters. The molecule has 0 aliphatic rings. The lowest BCUT2D eigenvalue weighted by Crippen LogP contribution is -1.98. The molecule has 0 aliphatic heterocycles. The molecule has 7 heteroatoms. The second-order valence-corrected chi connectivity index (χ2v) is 4.93. The van der Waals surface area contributed by atoms with Gasteiger partial charge in [-0.2, -0.15) is 0 Å². The minimum absolute atomic E-state index is 0.0541. The number of carbonyl (C=O) groups is 1. The standard InChI is InChI=1S/C17H12N2O5/c20-10-13-8-14(19(21)22)6-7-17(13)23-11-15-9-16(18-24-15)12-4-2-1-3-5-12/h1-10H,11H2. The molecule has 0 aliphatic carbocycles. The van der Waals surface area contributed by atoms with Gasteiger partial charge in [-0.15, -0.1) is 0 Å². The van der Waals surface area contributed by atoms with Crippen molar-refractivity contribution in [1.82, 2.24) is 5.16 Å². The smallest absolute Gasteiger partial charge is 0.270 e. The predicted molar refractivity (Wildman–Crippen MR) is 84.8 cm³/mol. The fourth-order valence-electron chi connectivity index (χ4n) is 2.15. The molecule has 0 amide bonds. The Morgan fingerprint density at radius 3 is 2.67 bits per heavy atom. The van der Waals surface area contributed by atoms with Gasteiger partial charge in [0.2, 0.25) is 0 Å². The minimum Gasteiger partial charge on any atom is -0.485 e. The van der Waals surface area contributed by atoms with E-state index in [1.807, 2.05) is 30.3 Å². The van der Waals surface area contributed by atoms with Gasteiger partial charge in [0.05, 0.1) is 10.5 Å². The van der Waals surface area contributed by atoms with Crippen LogP contribution in [0.15, 0.2) is 59.1 Å². The highest BCUT2D eigenvalue weighted by atomic mass is 16.6. The number of benzene rings is 2. The van der Waals surface area contributed by atoms with Crippen LogP contribution in [-0.2, 0) is 6.61 Å². The maximum Gasteiger partial charge on any atom is 0.270 e. The Hall–Kier alpha value is -3.48. The molecule has 120 valence electrons. The zero-order valence-corrected chi connectivity index (χ0v) is 12.4. The van der Waals surface area contributed by atoms with Crippen LogP contribution in [0.5, 0.6) is 5.75 Å². The van der Waals surface area contributed by atoms with Crippen LogP contribution in [0.2, 0.25) is 0 Å². The molecule has 3 aromatic rings. The van der Waals surface area contributed by atoms with Crippen LogP contribution < -0.4 is 4.74 Å². The number of aromatic nitrogens is 1. The highest BCUT2D eigenvalue weighted by Crippen LogP contribution is 2.24. The van der Waals surface area contributed by atoms with Gasteiger partial charge in [-0.25, -0.2) is 0 Å². The Morgan fingerprint density at radius 2 is 1.96 bits per heavy atom. The van der Waals surface area contributed by atoms with Crippen LogP contribution >= 0.6 is 0 Å². The first-order valence-electron chi connectivity index (χ1n) is 7.05. The average Bonchev–Trinajstić information content (AvgIpc) is 3.09. The van der Waals surface area contributed by atoms with Gasteiger partial charge in [-0.3, -0.25) is 14.9 Å². The van der Waals surface area contributed by atoms with E-state index in [0.29, 0.717) is 17.7 Å². The van der Waals surface area contributed by atoms with Crippen molar-refractivity contribution in [1.29, 1.82) is 0 Å². The quantitative estimate of drug-likeness (QED) is 0.390. The number of hydrogen-bond acceptors (Lipinski definition) is 6. The second kappa shape index (κ2) is 6.74. The molecule has 0 radical (unpaired) electrons. The van der Waals surface area contributed by atoms with Crippen molar-refractivity contribution in [2.45, 2.75) is 6.61 Å². The van der Waals surface area contributed by atoms with Crippen molar-refractivity contribution in [2.24, 2.45) is 0 Å². The van der Waals surface area contributed by atoms with Gasteiger partial charge in [-0.1, -0.05) is 35.5 Å². The molecule has 1 heterocycles. The molecule has 0 fully saturated rings.